The maximum atomic E-state index is 13.1. The van der Waals surface area contributed by atoms with E-state index < -0.39 is 5.97 Å². The maximum absolute atomic E-state index is 13.1. The zero-order valence-electron chi connectivity index (χ0n) is 17.6. The molecule has 1 N–H and O–H groups in total. The summed E-state index contributed by atoms with van der Waals surface area (Å²) in [6, 6.07) is 12.0. The number of carboxylic acids is 1. The molecular formula is C24H30ClNO4. The molecule has 0 saturated carbocycles. The third-order valence-electron chi connectivity index (χ3n) is 5.42. The molecule has 0 spiro atoms. The van der Waals surface area contributed by atoms with Gasteiger partial charge in [0.25, 0.3) is 0 Å². The number of carbonyl (C=O) groups excluding carboxylic acids is 1. The molecule has 2 aromatic rings. The second kappa shape index (κ2) is 11.1. The van der Waals surface area contributed by atoms with E-state index in [4.69, 9.17) is 4.74 Å². The molecule has 0 atom stereocenters. The first kappa shape index (κ1) is 23.9. The molecule has 3 rings (SSSR count). The summed E-state index contributed by atoms with van der Waals surface area (Å²) in [5.74, 6) is -0.597. The number of nitrogens with zero attached hydrogens (tertiary/aromatic N) is 1. The molecule has 0 amide bonds. The third kappa shape index (κ3) is 5.83. The first-order valence-electron chi connectivity index (χ1n) is 10.3. The molecule has 1 saturated heterocycles. The number of piperidine rings is 1. The van der Waals surface area contributed by atoms with Crippen LogP contribution < -0.4 is 4.74 Å². The zero-order chi connectivity index (χ0) is 20.8. The van der Waals surface area contributed by atoms with Crippen LogP contribution in [0.15, 0.2) is 42.5 Å². The van der Waals surface area contributed by atoms with Gasteiger partial charge in [-0.2, -0.15) is 0 Å². The highest BCUT2D eigenvalue weighted by atomic mass is 35.5. The van der Waals surface area contributed by atoms with Gasteiger partial charge in [0.1, 0.15) is 12.4 Å². The Kier molecular flexibility index (Phi) is 8.88. The van der Waals surface area contributed by atoms with E-state index in [1.807, 2.05) is 19.9 Å². The van der Waals surface area contributed by atoms with Crippen LogP contribution in [-0.2, 0) is 0 Å². The summed E-state index contributed by atoms with van der Waals surface area (Å²) < 4.78 is 5.83. The molecule has 1 fully saturated rings. The van der Waals surface area contributed by atoms with Crippen LogP contribution in [0.3, 0.4) is 0 Å². The van der Waals surface area contributed by atoms with Crippen LogP contribution in [0, 0.1) is 0 Å². The van der Waals surface area contributed by atoms with Crippen molar-refractivity contribution in [1.29, 1.82) is 0 Å². The Morgan fingerprint density at radius 2 is 1.70 bits per heavy atom. The Balaban J connectivity index is 0.00000320. The first-order chi connectivity index (χ1) is 14.0. The Hall–Kier alpha value is -2.37. The van der Waals surface area contributed by atoms with Gasteiger partial charge < -0.3 is 9.84 Å². The van der Waals surface area contributed by atoms with Crippen molar-refractivity contribution in [3.05, 3.63) is 64.7 Å². The highest BCUT2D eigenvalue weighted by Gasteiger charge is 2.23. The standard InChI is InChI=1S/C24H29NO4.ClH/c1-17(2)20-7-6-8-21(24(27)28)22(20)23(26)18-9-11-19(12-10-18)29-16-15-25-13-4-3-5-14-25;/h6-12,17H,3-5,13-16H2,1-2H3,(H,27,28);1H. The number of carboxylic acid groups (broad SMARTS) is 1. The molecule has 0 aromatic heterocycles. The summed E-state index contributed by atoms with van der Waals surface area (Å²) in [5.41, 5.74) is 1.53. The molecule has 1 aliphatic heterocycles. The number of benzene rings is 2. The molecule has 1 aliphatic rings. The molecule has 30 heavy (non-hydrogen) atoms. The van der Waals surface area contributed by atoms with E-state index in [0.717, 1.165) is 25.2 Å². The van der Waals surface area contributed by atoms with Crippen molar-refractivity contribution in [1.82, 2.24) is 4.90 Å². The van der Waals surface area contributed by atoms with Crippen molar-refractivity contribution >= 4 is 24.2 Å². The van der Waals surface area contributed by atoms with Crippen molar-refractivity contribution in [2.75, 3.05) is 26.2 Å². The van der Waals surface area contributed by atoms with Gasteiger partial charge in [0.15, 0.2) is 5.78 Å². The van der Waals surface area contributed by atoms with Gasteiger partial charge in [-0.05, 0) is 67.7 Å². The fourth-order valence-corrected chi connectivity index (χ4v) is 3.81. The second-order valence-corrected chi connectivity index (χ2v) is 7.83. The predicted octanol–water partition coefficient (Wildman–Crippen LogP) is 5.03. The van der Waals surface area contributed by atoms with E-state index in [1.54, 1.807) is 30.3 Å². The van der Waals surface area contributed by atoms with E-state index in [2.05, 4.69) is 4.90 Å². The lowest BCUT2D eigenvalue weighted by Crippen LogP contribution is -2.33. The summed E-state index contributed by atoms with van der Waals surface area (Å²) in [4.78, 5) is 27.2. The van der Waals surface area contributed by atoms with E-state index >= 15 is 0 Å². The molecule has 2 aromatic carbocycles. The quantitative estimate of drug-likeness (QED) is 0.594. The molecule has 162 valence electrons. The molecule has 0 bridgehead atoms. The average molecular weight is 432 g/mol. The minimum Gasteiger partial charge on any atom is -0.492 e. The molecule has 0 radical (unpaired) electrons. The number of halogens is 1. The average Bonchev–Trinajstić information content (AvgIpc) is 2.74. The van der Waals surface area contributed by atoms with Crippen molar-refractivity contribution < 1.29 is 19.4 Å². The van der Waals surface area contributed by atoms with Gasteiger partial charge in [-0.3, -0.25) is 9.69 Å². The maximum Gasteiger partial charge on any atom is 0.336 e. The van der Waals surface area contributed by atoms with E-state index in [-0.39, 0.29) is 35.2 Å². The Bertz CT molecular complexity index is 858. The fourth-order valence-electron chi connectivity index (χ4n) is 3.81. The zero-order valence-corrected chi connectivity index (χ0v) is 18.4. The molecule has 6 heteroatoms. The summed E-state index contributed by atoms with van der Waals surface area (Å²) in [7, 11) is 0. The van der Waals surface area contributed by atoms with Crippen molar-refractivity contribution in [2.24, 2.45) is 0 Å². The van der Waals surface area contributed by atoms with E-state index in [1.165, 1.54) is 25.3 Å². The van der Waals surface area contributed by atoms with Crippen LogP contribution in [0.25, 0.3) is 0 Å². The molecule has 0 unspecified atom stereocenters. The fraction of sp³-hybridized carbons (Fsp3) is 0.417. The molecular weight excluding hydrogens is 402 g/mol. The summed E-state index contributed by atoms with van der Waals surface area (Å²) in [6.07, 6.45) is 3.83. The lowest BCUT2D eigenvalue weighted by Gasteiger charge is -2.26. The number of rotatable bonds is 8. The number of likely N-dealkylation sites (tertiary alicyclic amines) is 1. The predicted molar refractivity (Wildman–Crippen MR) is 120 cm³/mol. The largest absolute Gasteiger partial charge is 0.492 e. The summed E-state index contributed by atoms with van der Waals surface area (Å²) in [6.45, 7) is 7.71. The smallest absolute Gasteiger partial charge is 0.336 e. The highest BCUT2D eigenvalue weighted by Crippen LogP contribution is 2.26. The first-order valence-corrected chi connectivity index (χ1v) is 10.3. The normalized spacial score (nSPS) is 14.2. The van der Waals surface area contributed by atoms with Gasteiger partial charge >= 0.3 is 5.97 Å². The minimum absolute atomic E-state index is 0. The third-order valence-corrected chi connectivity index (χ3v) is 5.42. The van der Waals surface area contributed by atoms with E-state index in [0.29, 0.717) is 17.9 Å². The number of hydrogen-bond donors (Lipinski definition) is 1. The summed E-state index contributed by atoms with van der Waals surface area (Å²) in [5, 5.41) is 9.54. The van der Waals surface area contributed by atoms with Gasteiger partial charge in [0.05, 0.1) is 5.56 Å². The van der Waals surface area contributed by atoms with Gasteiger partial charge in [-0.1, -0.05) is 32.4 Å². The number of ether oxygens (including phenoxy) is 1. The van der Waals surface area contributed by atoms with Crippen LogP contribution in [0.2, 0.25) is 0 Å². The topological polar surface area (TPSA) is 66.8 Å². The van der Waals surface area contributed by atoms with Crippen LogP contribution in [0.5, 0.6) is 5.75 Å². The lowest BCUT2D eigenvalue weighted by molar-refractivity contribution is 0.0692. The Morgan fingerprint density at radius 3 is 2.30 bits per heavy atom. The van der Waals surface area contributed by atoms with Gasteiger partial charge in [-0.15, -0.1) is 12.4 Å². The summed E-state index contributed by atoms with van der Waals surface area (Å²) >= 11 is 0. The lowest BCUT2D eigenvalue weighted by atomic mass is 9.88. The molecule has 1 heterocycles. The van der Waals surface area contributed by atoms with Crippen molar-refractivity contribution in [2.45, 2.75) is 39.0 Å². The minimum atomic E-state index is -1.09. The van der Waals surface area contributed by atoms with Crippen molar-refractivity contribution in [3.8, 4) is 5.75 Å². The molecule has 5 nitrogen and oxygen atoms in total. The van der Waals surface area contributed by atoms with Gasteiger partial charge in [0.2, 0.25) is 0 Å². The number of carbonyl (C=O) groups is 2. The van der Waals surface area contributed by atoms with E-state index in [9.17, 15) is 14.7 Å². The van der Waals surface area contributed by atoms with Gasteiger partial charge in [-0.25, -0.2) is 4.79 Å². The number of aromatic carboxylic acids is 1. The Morgan fingerprint density at radius 1 is 1.03 bits per heavy atom. The second-order valence-electron chi connectivity index (χ2n) is 7.83. The number of hydrogen-bond acceptors (Lipinski definition) is 4. The number of ketones is 1. The van der Waals surface area contributed by atoms with Gasteiger partial charge in [0, 0.05) is 17.7 Å². The monoisotopic (exact) mass is 431 g/mol. The molecule has 0 aliphatic carbocycles. The van der Waals surface area contributed by atoms with Crippen molar-refractivity contribution in [3.63, 3.8) is 0 Å². The van der Waals surface area contributed by atoms with Crippen LogP contribution in [0.1, 0.15) is 70.9 Å². The Labute approximate surface area is 184 Å². The highest BCUT2D eigenvalue weighted by molar-refractivity contribution is 6.15. The van der Waals surface area contributed by atoms with Crippen LogP contribution in [0.4, 0.5) is 0 Å². The van der Waals surface area contributed by atoms with Crippen LogP contribution in [-0.4, -0.2) is 48.0 Å². The SMILES string of the molecule is CC(C)c1cccc(C(=O)O)c1C(=O)c1ccc(OCCN2CCCCC2)cc1.Cl. The van der Waals surface area contributed by atoms with Crippen LogP contribution >= 0.6 is 12.4 Å².